The van der Waals surface area contributed by atoms with Gasteiger partial charge < -0.3 is 5.11 Å². The average molecular weight is 277 g/mol. The number of hydrogen-bond acceptors (Lipinski definition) is 4. The van der Waals surface area contributed by atoms with Gasteiger partial charge in [0.05, 0.1) is 12.5 Å². The van der Waals surface area contributed by atoms with Crippen molar-refractivity contribution in [3.05, 3.63) is 35.4 Å². The van der Waals surface area contributed by atoms with Crippen LogP contribution in [0.1, 0.15) is 24.5 Å². The second kappa shape index (κ2) is 6.83. The highest BCUT2D eigenvalue weighted by Crippen LogP contribution is 2.21. The van der Waals surface area contributed by atoms with Crippen molar-refractivity contribution >= 4 is 5.91 Å². The summed E-state index contributed by atoms with van der Waals surface area (Å²) < 4.78 is 0. The number of aliphatic hydroxyl groups is 1. The molecule has 0 aliphatic carbocycles. The summed E-state index contributed by atoms with van der Waals surface area (Å²) in [5.41, 5.74) is 4.32. The molecule has 4 N–H and O–H groups in total. The number of rotatable bonds is 5. The molecule has 1 fully saturated rings. The summed E-state index contributed by atoms with van der Waals surface area (Å²) in [6.45, 7) is 4.75. The largest absolute Gasteiger partial charge is 0.393 e. The van der Waals surface area contributed by atoms with E-state index in [1.165, 1.54) is 5.56 Å². The molecule has 1 aromatic carbocycles. The van der Waals surface area contributed by atoms with Gasteiger partial charge in [-0.2, -0.15) is 0 Å². The number of aliphatic hydroxyl groups excluding tert-OH is 1. The third kappa shape index (κ3) is 4.03. The Bertz CT molecular complexity index is 445. The molecule has 1 saturated heterocycles. The Hall–Kier alpha value is -1.43. The molecule has 1 heterocycles. The van der Waals surface area contributed by atoms with E-state index in [4.69, 9.17) is 5.84 Å². The molecule has 1 aromatic rings. The van der Waals surface area contributed by atoms with Gasteiger partial charge in [0.15, 0.2) is 0 Å². The number of carbonyl (C=O) groups is 1. The summed E-state index contributed by atoms with van der Waals surface area (Å²) in [4.78, 5) is 13.5. The van der Waals surface area contributed by atoms with E-state index in [-0.39, 0.29) is 12.0 Å². The Kier molecular flexibility index (Phi) is 5.11. The molecule has 0 bridgehead atoms. The van der Waals surface area contributed by atoms with Crippen molar-refractivity contribution < 1.29 is 9.90 Å². The van der Waals surface area contributed by atoms with Crippen LogP contribution in [0.4, 0.5) is 0 Å². The first-order chi connectivity index (χ1) is 9.58. The highest BCUT2D eigenvalue weighted by atomic mass is 16.3. The zero-order valence-electron chi connectivity index (χ0n) is 11.9. The van der Waals surface area contributed by atoms with Gasteiger partial charge in [-0.15, -0.1) is 0 Å². The van der Waals surface area contributed by atoms with Crippen LogP contribution in [0.25, 0.3) is 0 Å². The molecule has 0 spiro atoms. The van der Waals surface area contributed by atoms with Crippen LogP contribution in [0.2, 0.25) is 0 Å². The van der Waals surface area contributed by atoms with Crippen LogP contribution in [0, 0.1) is 5.92 Å². The second-order valence-electron chi connectivity index (χ2n) is 5.59. The fraction of sp³-hybridized carbons (Fsp3) is 0.533. The first-order valence-electron chi connectivity index (χ1n) is 7.06. The zero-order valence-corrected chi connectivity index (χ0v) is 11.9. The van der Waals surface area contributed by atoms with Gasteiger partial charge in [0.1, 0.15) is 0 Å². The van der Waals surface area contributed by atoms with Gasteiger partial charge in [-0.3, -0.25) is 15.1 Å². The average Bonchev–Trinajstić information content (AvgIpc) is 2.89. The Morgan fingerprint density at radius 1 is 1.45 bits per heavy atom. The number of nitrogens with zero attached hydrogens (tertiary/aromatic N) is 1. The minimum absolute atomic E-state index is 0.183. The van der Waals surface area contributed by atoms with Gasteiger partial charge in [0.2, 0.25) is 5.91 Å². The Labute approximate surface area is 119 Å². The van der Waals surface area contributed by atoms with Crippen molar-refractivity contribution in [1.29, 1.82) is 0 Å². The summed E-state index contributed by atoms with van der Waals surface area (Å²) in [5.74, 6) is 5.28. The quantitative estimate of drug-likeness (QED) is 0.414. The molecule has 2 rings (SSSR count). The lowest BCUT2D eigenvalue weighted by Crippen LogP contribution is -2.31. The molecule has 5 heteroatoms. The number of amides is 1. The van der Waals surface area contributed by atoms with Crippen LogP contribution in [-0.4, -0.2) is 35.1 Å². The minimum Gasteiger partial charge on any atom is -0.393 e. The van der Waals surface area contributed by atoms with Gasteiger partial charge in [0.25, 0.3) is 0 Å². The molecule has 1 aliphatic rings. The van der Waals surface area contributed by atoms with E-state index in [1.54, 1.807) is 0 Å². The molecule has 0 saturated carbocycles. The zero-order chi connectivity index (χ0) is 14.5. The van der Waals surface area contributed by atoms with Gasteiger partial charge >= 0.3 is 0 Å². The summed E-state index contributed by atoms with van der Waals surface area (Å²) in [7, 11) is 0. The van der Waals surface area contributed by atoms with E-state index >= 15 is 0 Å². The molecule has 1 aliphatic heterocycles. The highest BCUT2D eigenvalue weighted by molar-refractivity contribution is 5.77. The lowest BCUT2D eigenvalue weighted by molar-refractivity contribution is -0.120. The van der Waals surface area contributed by atoms with Crippen LogP contribution in [0.15, 0.2) is 24.3 Å². The molecular formula is C15H23N3O2. The number of likely N-dealkylation sites (tertiary alicyclic amines) is 1. The summed E-state index contributed by atoms with van der Waals surface area (Å²) in [6, 6.07) is 8.03. The van der Waals surface area contributed by atoms with E-state index in [0.29, 0.717) is 12.3 Å². The van der Waals surface area contributed by atoms with Crippen LogP contribution >= 0.6 is 0 Å². The molecule has 5 nitrogen and oxygen atoms in total. The maximum Gasteiger partial charge on any atom is 0.238 e. The second-order valence-corrected chi connectivity index (χ2v) is 5.59. The fourth-order valence-corrected chi connectivity index (χ4v) is 2.66. The third-order valence-electron chi connectivity index (χ3n) is 3.95. The number of carbonyl (C=O) groups excluding carboxylic acids is 1. The van der Waals surface area contributed by atoms with Crippen LogP contribution in [0.3, 0.4) is 0 Å². The molecule has 1 amide bonds. The maximum atomic E-state index is 11.2. The lowest BCUT2D eigenvalue weighted by Gasteiger charge is -2.17. The predicted octanol–water partition coefficient (Wildman–Crippen LogP) is 0.422. The highest BCUT2D eigenvalue weighted by Gasteiger charge is 2.25. The summed E-state index contributed by atoms with van der Waals surface area (Å²) in [6.07, 6.45) is 1.15. The summed E-state index contributed by atoms with van der Waals surface area (Å²) >= 11 is 0. The van der Waals surface area contributed by atoms with E-state index in [0.717, 1.165) is 31.6 Å². The van der Waals surface area contributed by atoms with E-state index in [9.17, 15) is 9.90 Å². The SMILES string of the molecule is CC(O)C1CCN(Cc2ccc(CC(=O)NN)cc2)C1. The number of benzene rings is 1. The molecule has 20 heavy (non-hydrogen) atoms. The van der Waals surface area contributed by atoms with Crippen molar-refractivity contribution in [2.45, 2.75) is 32.4 Å². The molecule has 2 atom stereocenters. The van der Waals surface area contributed by atoms with E-state index in [1.807, 2.05) is 19.1 Å². The number of hydrogen-bond donors (Lipinski definition) is 3. The topological polar surface area (TPSA) is 78.6 Å². The fourth-order valence-electron chi connectivity index (χ4n) is 2.66. The maximum absolute atomic E-state index is 11.2. The molecule has 110 valence electrons. The molecular weight excluding hydrogens is 254 g/mol. The first-order valence-corrected chi connectivity index (χ1v) is 7.06. The van der Waals surface area contributed by atoms with Gasteiger partial charge in [-0.25, -0.2) is 5.84 Å². The van der Waals surface area contributed by atoms with Crippen molar-refractivity contribution in [2.75, 3.05) is 13.1 Å². The van der Waals surface area contributed by atoms with Crippen molar-refractivity contribution in [1.82, 2.24) is 10.3 Å². The standard InChI is InChI=1S/C15H23N3O2/c1-11(19)14-6-7-18(10-14)9-13-4-2-12(3-5-13)8-15(20)17-16/h2-5,11,14,19H,6-10,16H2,1H3,(H,17,20). The number of nitrogens with two attached hydrogens (primary N) is 1. The van der Waals surface area contributed by atoms with E-state index < -0.39 is 0 Å². The summed E-state index contributed by atoms with van der Waals surface area (Å²) in [5, 5.41) is 9.60. The predicted molar refractivity (Wildman–Crippen MR) is 77.5 cm³/mol. The minimum atomic E-state index is -0.225. The molecule has 0 aromatic heterocycles. The number of nitrogens with one attached hydrogen (secondary N) is 1. The number of hydrazine groups is 1. The van der Waals surface area contributed by atoms with Crippen molar-refractivity contribution in [2.24, 2.45) is 11.8 Å². The first kappa shape index (κ1) is 15.0. The Morgan fingerprint density at radius 3 is 2.65 bits per heavy atom. The monoisotopic (exact) mass is 277 g/mol. The van der Waals surface area contributed by atoms with Crippen molar-refractivity contribution in [3.8, 4) is 0 Å². The van der Waals surface area contributed by atoms with Gasteiger partial charge in [-0.05, 0) is 36.9 Å². The van der Waals surface area contributed by atoms with Crippen LogP contribution < -0.4 is 11.3 Å². The van der Waals surface area contributed by atoms with Gasteiger partial charge in [-0.1, -0.05) is 24.3 Å². The molecule has 2 unspecified atom stereocenters. The normalized spacial score (nSPS) is 20.9. The Morgan fingerprint density at radius 2 is 2.10 bits per heavy atom. The smallest absolute Gasteiger partial charge is 0.238 e. The Balaban J connectivity index is 1.87. The van der Waals surface area contributed by atoms with Gasteiger partial charge in [0, 0.05) is 13.1 Å². The molecule has 0 radical (unpaired) electrons. The van der Waals surface area contributed by atoms with E-state index in [2.05, 4.69) is 22.5 Å². The lowest BCUT2D eigenvalue weighted by atomic mass is 10.0. The van der Waals surface area contributed by atoms with Crippen molar-refractivity contribution in [3.63, 3.8) is 0 Å². The third-order valence-corrected chi connectivity index (χ3v) is 3.95. The van der Waals surface area contributed by atoms with Crippen LogP contribution in [0.5, 0.6) is 0 Å². The van der Waals surface area contributed by atoms with Crippen LogP contribution in [-0.2, 0) is 17.8 Å².